The van der Waals surface area contributed by atoms with Crippen LogP contribution in [0, 0.1) is 5.82 Å². The van der Waals surface area contributed by atoms with Crippen LogP contribution in [0.5, 0.6) is 0 Å². The Hall–Kier alpha value is -2.95. The van der Waals surface area contributed by atoms with Crippen molar-refractivity contribution < 1.29 is 23.4 Å². The lowest BCUT2D eigenvalue weighted by atomic mass is 9.89. The third-order valence-electron chi connectivity index (χ3n) is 6.67. The number of alkyl halides is 2. The molecule has 1 aliphatic heterocycles. The van der Waals surface area contributed by atoms with E-state index in [4.69, 9.17) is 5.73 Å². The number of benzene rings is 1. The molecule has 0 unspecified atom stereocenters. The lowest BCUT2D eigenvalue weighted by Gasteiger charge is -2.23. The van der Waals surface area contributed by atoms with Gasteiger partial charge in [0.25, 0.3) is 6.43 Å². The molecule has 174 valence electrons. The highest BCUT2D eigenvalue weighted by molar-refractivity contribution is 5.86. The van der Waals surface area contributed by atoms with Gasteiger partial charge in [-0.15, -0.1) is 0 Å². The molecule has 10 heteroatoms. The van der Waals surface area contributed by atoms with Gasteiger partial charge in [-0.25, -0.2) is 23.1 Å². The third-order valence-corrected chi connectivity index (χ3v) is 6.67. The molecule has 33 heavy (non-hydrogen) atoms. The second kappa shape index (κ2) is 8.44. The summed E-state index contributed by atoms with van der Waals surface area (Å²) < 4.78 is 43.2. The van der Waals surface area contributed by atoms with Gasteiger partial charge in [-0.1, -0.05) is 6.08 Å². The first kappa shape index (κ1) is 21.9. The van der Waals surface area contributed by atoms with Crippen molar-refractivity contribution in [2.75, 3.05) is 12.3 Å². The minimum Gasteiger partial charge on any atom is -0.388 e. The number of nitrogens with two attached hydrogens (primary N) is 1. The topological polar surface area (TPSA) is 109 Å². The zero-order chi connectivity index (χ0) is 23.3. The summed E-state index contributed by atoms with van der Waals surface area (Å²) in [5.41, 5.74) is 8.12. The average Bonchev–Trinajstić information content (AvgIpc) is 3.35. The van der Waals surface area contributed by atoms with Crippen LogP contribution in [-0.4, -0.2) is 43.5 Å². The lowest BCUT2D eigenvalue weighted by Crippen LogP contribution is -2.29. The number of aliphatic hydroxyl groups excluding tert-OH is 2. The largest absolute Gasteiger partial charge is 0.388 e. The lowest BCUT2D eigenvalue weighted by molar-refractivity contribution is 0.0317. The van der Waals surface area contributed by atoms with Crippen molar-refractivity contribution in [1.29, 1.82) is 0 Å². The molecule has 7 nitrogen and oxygen atoms in total. The molecule has 0 saturated heterocycles. The Bertz CT molecular complexity index is 1240. The molecule has 1 aromatic carbocycles. The number of anilines is 1. The van der Waals surface area contributed by atoms with E-state index >= 15 is 0 Å². The molecule has 3 aromatic rings. The van der Waals surface area contributed by atoms with E-state index in [1.807, 2.05) is 0 Å². The van der Waals surface area contributed by atoms with Crippen molar-refractivity contribution in [3.8, 4) is 0 Å². The van der Waals surface area contributed by atoms with Crippen LogP contribution >= 0.6 is 0 Å². The molecule has 2 aromatic heterocycles. The Kier molecular flexibility index (Phi) is 5.59. The summed E-state index contributed by atoms with van der Waals surface area (Å²) in [6, 6.07) is 2.42. The Labute approximate surface area is 187 Å². The second-order valence-corrected chi connectivity index (χ2v) is 8.51. The van der Waals surface area contributed by atoms with Gasteiger partial charge in [0.1, 0.15) is 35.8 Å². The van der Waals surface area contributed by atoms with Gasteiger partial charge in [0, 0.05) is 12.7 Å². The molecule has 3 atom stereocenters. The van der Waals surface area contributed by atoms with E-state index in [2.05, 4.69) is 15.3 Å². The first-order valence-corrected chi connectivity index (χ1v) is 10.8. The van der Waals surface area contributed by atoms with E-state index in [0.29, 0.717) is 71.5 Å². The first-order valence-electron chi connectivity index (χ1n) is 10.8. The van der Waals surface area contributed by atoms with Gasteiger partial charge >= 0.3 is 0 Å². The van der Waals surface area contributed by atoms with Crippen molar-refractivity contribution in [1.82, 2.24) is 19.9 Å². The van der Waals surface area contributed by atoms with E-state index in [9.17, 15) is 23.4 Å². The summed E-state index contributed by atoms with van der Waals surface area (Å²) in [5.74, 6) is -0.498. The smallest absolute Gasteiger partial charge is 0.266 e. The monoisotopic (exact) mass is 459 g/mol. The van der Waals surface area contributed by atoms with Crippen molar-refractivity contribution in [2.45, 2.75) is 50.5 Å². The van der Waals surface area contributed by atoms with E-state index in [0.717, 1.165) is 0 Å². The van der Waals surface area contributed by atoms with Crippen molar-refractivity contribution in [3.63, 3.8) is 0 Å². The zero-order valence-corrected chi connectivity index (χ0v) is 17.7. The van der Waals surface area contributed by atoms with Gasteiger partial charge in [-0.05, 0) is 60.2 Å². The highest BCUT2D eigenvalue weighted by atomic mass is 19.3. The second-order valence-electron chi connectivity index (χ2n) is 8.51. The third kappa shape index (κ3) is 3.68. The predicted octanol–water partition coefficient (Wildman–Crippen LogP) is 2.57. The Balaban J connectivity index is 1.44. The SMILES string of the molecule is Nc1ncnc2c1ccn2[C@@H]1C=C(CCc2cc(C(F)F)c(F)c3c2CNCC3)[C@@H](O)[C@H]1O. The molecule has 3 heterocycles. The summed E-state index contributed by atoms with van der Waals surface area (Å²) in [6.45, 7) is 0.946. The van der Waals surface area contributed by atoms with Crippen molar-refractivity contribution >= 4 is 16.9 Å². The number of rotatable bonds is 5. The number of hydrogen-bond acceptors (Lipinski definition) is 6. The summed E-state index contributed by atoms with van der Waals surface area (Å²) in [5, 5.41) is 25.2. The predicted molar refractivity (Wildman–Crippen MR) is 116 cm³/mol. The van der Waals surface area contributed by atoms with Crippen LogP contribution in [0.2, 0.25) is 0 Å². The fraction of sp³-hybridized carbons (Fsp3) is 0.391. The van der Waals surface area contributed by atoms with Gasteiger partial charge in [-0.3, -0.25) is 0 Å². The van der Waals surface area contributed by atoms with Crippen LogP contribution < -0.4 is 11.1 Å². The van der Waals surface area contributed by atoms with Gasteiger partial charge in [0.15, 0.2) is 0 Å². The molecule has 1 aliphatic carbocycles. The van der Waals surface area contributed by atoms with E-state index in [1.54, 1.807) is 22.9 Å². The molecule has 2 aliphatic rings. The zero-order valence-electron chi connectivity index (χ0n) is 17.7. The summed E-state index contributed by atoms with van der Waals surface area (Å²) in [7, 11) is 0. The van der Waals surface area contributed by atoms with Gasteiger partial charge < -0.3 is 25.8 Å². The van der Waals surface area contributed by atoms with Crippen LogP contribution in [0.15, 0.2) is 36.3 Å². The quantitative estimate of drug-likeness (QED) is 0.437. The highest BCUT2D eigenvalue weighted by Crippen LogP contribution is 2.36. The Morgan fingerprint density at radius 1 is 1.21 bits per heavy atom. The number of hydrogen-bond donors (Lipinski definition) is 4. The van der Waals surface area contributed by atoms with Crippen LogP contribution in [0.25, 0.3) is 11.0 Å². The summed E-state index contributed by atoms with van der Waals surface area (Å²) in [6.07, 6.45) is 0.752. The fourth-order valence-electron chi connectivity index (χ4n) is 4.94. The van der Waals surface area contributed by atoms with Crippen molar-refractivity contribution in [2.24, 2.45) is 0 Å². The summed E-state index contributed by atoms with van der Waals surface area (Å²) >= 11 is 0. The number of nitrogens with one attached hydrogen (secondary N) is 1. The minimum atomic E-state index is -2.90. The number of aryl methyl sites for hydroxylation is 1. The van der Waals surface area contributed by atoms with Crippen LogP contribution in [0.4, 0.5) is 19.0 Å². The Morgan fingerprint density at radius 3 is 2.82 bits per heavy atom. The normalized spacial score (nSPS) is 22.7. The molecule has 5 N–H and O–H groups in total. The van der Waals surface area contributed by atoms with Crippen LogP contribution in [0.3, 0.4) is 0 Å². The molecule has 0 bridgehead atoms. The highest BCUT2D eigenvalue weighted by Gasteiger charge is 2.36. The van der Waals surface area contributed by atoms with Crippen molar-refractivity contribution in [3.05, 3.63) is 64.4 Å². The molecular weight excluding hydrogens is 435 g/mol. The van der Waals surface area contributed by atoms with E-state index in [-0.39, 0.29) is 0 Å². The average molecular weight is 459 g/mol. The maximum absolute atomic E-state index is 14.6. The molecule has 0 radical (unpaired) electrons. The fourth-order valence-corrected chi connectivity index (χ4v) is 4.94. The van der Waals surface area contributed by atoms with Crippen LogP contribution in [0.1, 0.15) is 41.1 Å². The van der Waals surface area contributed by atoms with Gasteiger partial charge in [0.2, 0.25) is 0 Å². The molecule has 0 spiro atoms. The maximum atomic E-state index is 14.6. The number of aliphatic hydroxyl groups is 2. The molecule has 0 saturated carbocycles. The van der Waals surface area contributed by atoms with Gasteiger partial charge in [0.05, 0.1) is 17.0 Å². The van der Waals surface area contributed by atoms with Crippen LogP contribution in [-0.2, 0) is 19.4 Å². The number of nitrogens with zero attached hydrogens (tertiary/aromatic N) is 3. The van der Waals surface area contributed by atoms with E-state index < -0.39 is 36.1 Å². The molecule has 0 amide bonds. The first-order chi connectivity index (χ1) is 15.9. The number of halogens is 3. The number of nitrogen functional groups attached to an aromatic ring is 1. The molecule has 5 rings (SSSR count). The van der Waals surface area contributed by atoms with Gasteiger partial charge in [-0.2, -0.15) is 0 Å². The summed E-state index contributed by atoms with van der Waals surface area (Å²) in [4.78, 5) is 8.20. The standard InChI is InChI=1S/C23H24F3N5O2/c24-18-13-3-5-28-9-16(13)11(7-15(18)21(25)26)1-2-12-8-17(20(33)19(12)32)31-6-4-14-22(27)29-10-30-23(14)31/h4,6-8,10,17,19-21,28,32-33H,1-3,5,9H2,(H2,27,29,30)/t17-,19-,20+/m1/s1. The number of fused-ring (bicyclic) bond motifs is 2. The minimum absolute atomic E-state index is 0.320. The molecule has 0 fully saturated rings. The van der Waals surface area contributed by atoms with E-state index in [1.165, 1.54) is 12.4 Å². The Morgan fingerprint density at radius 2 is 2.03 bits per heavy atom. The number of aromatic nitrogens is 3. The maximum Gasteiger partial charge on any atom is 0.266 e. The molecular formula is C23H24F3N5O2.